The molecule has 2 aromatic heterocycles. The van der Waals surface area contributed by atoms with E-state index < -0.39 is 16.0 Å². The van der Waals surface area contributed by atoms with Gasteiger partial charge in [-0.3, -0.25) is 0 Å². The number of carboxylic acid groups (broad SMARTS) is 1. The van der Waals surface area contributed by atoms with Crippen LogP contribution < -0.4 is 4.72 Å². The summed E-state index contributed by atoms with van der Waals surface area (Å²) in [6, 6.07) is 4.85. The average Bonchev–Trinajstić information content (AvgIpc) is 2.98. The smallest absolute Gasteiger partial charge is 0.345 e. The van der Waals surface area contributed by atoms with E-state index in [1.165, 1.54) is 0 Å². The lowest BCUT2D eigenvalue weighted by molar-refractivity contribution is 0.0702. The van der Waals surface area contributed by atoms with Gasteiger partial charge in [0.2, 0.25) is 10.0 Å². The highest BCUT2D eigenvalue weighted by Gasteiger charge is 2.22. The SMILES string of the molecule is O=C(O)c1cc(S(=O)(=O)NCCn2cccc2)c(Br)s1. The van der Waals surface area contributed by atoms with Crippen LogP contribution in [-0.4, -0.2) is 30.6 Å². The Kier molecular flexibility index (Phi) is 4.63. The number of hydrogen-bond acceptors (Lipinski definition) is 4. The molecule has 0 aliphatic carbocycles. The molecule has 0 atom stereocenters. The molecule has 2 N–H and O–H groups in total. The quantitative estimate of drug-likeness (QED) is 0.804. The highest BCUT2D eigenvalue weighted by atomic mass is 79.9. The Morgan fingerprint density at radius 1 is 1.40 bits per heavy atom. The van der Waals surface area contributed by atoms with Gasteiger partial charge in [-0.1, -0.05) is 0 Å². The standard InChI is InChI=1S/C11H11BrN2O4S2/c12-10-9(7-8(19-10)11(15)16)20(17,18)13-3-6-14-4-1-2-5-14/h1-2,4-5,7,13H,3,6H2,(H,15,16). The molecule has 9 heteroatoms. The van der Waals surface area contributed by atoms with Gasteiger partial charge in [0.1, 0.15) is 9.77 Å². The van der Waals surface area contributed by atoms with Gasteiger partial charge in [-0.15, -0.1) is 11.3 Å². The van der Waals surface area contributed by atoms with Gasteiger partial charge in [0.15, 0.2) is 0 Å². The first-order valence-corrected chi connectivity index (χ1v) is 8.62. The van der Waals surface area contributed by atoms with E-state index in [0.717, 1.165) is 17.4 Å². The number of nitrogens with zero attached hydrogens (tertiary/aromatic N) is 1. The van der Waals surface area contributed by atoms with E-state index in [2.05, 4.69) is 20.7 Å². The first-order valence-electron chi connectivity index (χ1n) is 5.53. The Morgan fingerprint density at radius 3 is 2.60 bits per heavy atom. The highest BCUT2D eigenvalue weighted by molar-refractivity contribution is 9.11. The van der Waals surface area contributed by atoms with Gasteiger partial charge >= 0.3 is 5.97 Å². The molecule has 2 heterocycles. The number of halogens is 1. The molecule has 0 aliphatic rings. The molecule has 0 saturated carbocycles. The summed E-state index contributed by atoms with van der Waals surface area (Å²) in [5, 5.41) is 8.86. The van der Waals surface area contributed by atoms with Crippen molar-refractivity contribution >= 4 is 43.3 Å². The zero-order valence-electron chi connectivity index (χ0n) is 10.1. The molecule has 0 spiro atoms. The van der Waals surface area contributed by atoms with E-state index in [9.17, 15) is 13.2 Å². The number of thiophene rings is 1. The first-order chi connectivity index (χ1) is 9.40. The lowest BCUT2D eigenvalue weighted by Gasteiger charge is -2.06. The summed E-state index contributed by atoms with van der Waals surface area (Å²) in [5.41, 5.74) is 0. The zero-order valence-corrected chi connectivity index (χ0v) is 13.3. The molecule has 20 heavy (non-hydrogen) atoms. The normalized spacial score (nSPS) is 11.7. The number of aromatic carboxylic acids is 1. The van der Waals surface area contributed by atoms with E-state index in [-0.39, 0.29) is 20.1 Å². The van der Waals surface area contributed by atoms with Crippen LogP contribution in [0.1, 0.15) is 9.67 Å². The van der Waals surface area contributed by atoms with Gasteiger partial charge < -0.3 is 9.67 Å². The molecule has 0 unspecified atom stereocenters. The van der Waals surface area contributed by atoms with Gasteiger partial charge in [0.05, 0.1) is 3.79 Å². The lowest BCUT2D eigenvalue weighted by Crippen LogP contribution is -2.27. The van der Waals surface area contributed by atoms with Crippen LogP contribution in [0.3, 0.4) is 0 Å². The van der Waals surface area contributed by atoms with Crippen molar-refractivity contribution < 1.29 is 18.3 Å². The molecule has 2 aromatic rings. The van der Waals surface area contributed by atoms with Crippen LogP contribution in [0.15, 0.2) is 39.3 Å². The van der Waals surface area contributed by atoms with E-state index >= 15 is 0 Å². The third-order valence-corrected chi connectivity index (χ3v) is 6.19. The van der Waals surface area contributed by atoms with Crippen molar-refractivity contribution in [3.05, 3.63) is 39.3 Å². The second kappa shape index (κ2) is 6.08. The van der Waals surface area contributed by atoms with Crippen molar-refractivity contribution in [1.82, 2.24) is 9.29 Å². The predicted octanol–water partition coefficient (Wildman–Crippen LogP) is 1.99. The van der Waals surface area contributed by atoms with Gasteiger partial charge in [-0.2, -0.15) is 0 Å². The topological polar surface area (TPSA) is 88.4 Å². The number of carbonyl (C=O) groups is 1. The van der Waals surface area contributed by atoms with Crippen molar-refractivity contribution in [2.45, 2.75) is 11.4 Å². The Labute approximate surface area is 128 Å². The van der Waals surface area contributed by atoms with Crippen LogP contribution in [0.5, 0.6) is 0 Å². The fourth-order valence-corrected chi connectivity index (χ4v) is 4.97. The Balaban J connectivity index is 2.08. The number of aromatic nitrogens is 1. The Morgan fingerprint density at radius 2 is 2.05 bits per heavy atom. The largest absolute Gasteiger partial charge is 0.477 e. The van der Waals surface area contributed by atoms with Crippen molar-refractivity contribution in [3.8, 4) is 0 Å². The van der Waals surface area contributed by atoms with Gasteiger partial charge in [-0.05, 0) is 34.1 Å². The molecule has 0 bridgehead atoms. The number of rotatable bonds is 6. The Hall–Kier alpha value is -1.16. The number of sulfonamides is 1. The molecule has 0 fully saturated rings. The van der Waals surface area contributed by atoms with E-state index in [0.29, 0.717) is 6.54 Å². The van der Waals surface area contributed by atoms with Crippen LogP contribution in [0, 0.1) is 0 Å². The molecular formula is C11H11BrN2O4S2. The van der Waals surface area contributed by atoms with Crippen LogP contribution in [-0.2, 0) is 16.6 Å². The van der Waals surface area contributed by atoms with Crippen molar-refractivity contribution in [3.63, 3.8) is 0 Å². The van der Waals surface area contributed by atoms with Crippen LogP contribution >= 0.6 is 27.3 Å². The predicted molar refractivity (Wildman–Crippen MR) is 78.6 cm³/mol. The third kappa shape index (κ3) is 3.48. The second-order valence-electron chi connectivity index (χ2n) is 3.87. The van der Waals surface area contributed by atoms with Crippen molar-refractivity contribution in [2.24, 2.45) is 0 Å². The summed E-state index contributed by atoms with van der Waals surface area (Å²) in [4.78, 5) is 10.8. The summed E-state index contributed by atoms with van der Waals surface area (Å²) in [5.74, 6) is -1.15. The average molecular weight is 379 g/mol. The minimum atomic E-state index is -3.72. The molecule has 0 radical (unpaired) electrons. The summed E-state index contributed by atoms with van der Waals surface area (Å²) < 4.78 is 28.7. The number of nitrogens with one attached hydrogen (secondary N) is 1. The van der Waals surface area contributed by atoms with Gasteiger partial charge in [0.25, 0.3) is 0 Å². The van der Waals surface area contributed by atoms with E-state index in [4.69, 9.17) is 5.11 Å². The van der Waals surface area contributed by atoms with Gasteiger partial charge in [-0.25, -0.2) is 17.9 Å². The molecule has 0 amide bonds. The molecular weight excluding hydrogens is 368 g/mol. The summed E-state index contributed by atoms with van der Waals surface area (Å²) in [6.07, 6.45) is 3.66. The minimum Gasteiger partial charge on any atom is -0.477 e. The van der Waals surface area contributed by atoms with Crippen molar-refractivity contribution in [1.29, 1.82) is 0 Å². The van der Waals surface area contributed by atoms with E-state index in [1.54, 1.807) is 0 Å². The fourth-order valence-electron chi connectivity index (χ4n) is 1.55. The Bertz CT molecular complexity index is 707. The molecule has 0 aromatic carbocycles. The molecule has 6 nitrogen and oxygen atoms in total. The maximum Gasteiger partial charge on any atom is 0.345 e. The van der Waals surface area contributed by atoms with Crippen molar-refractivity contribution in [2.75, 3.05) is 6.54 Å². The maximum absolute atomic E-state index is 12.1. The first kappa shape index (κ1) is 15.2. The zero-order chi connectivity index (χ0) is 14.8. The third-order valence-electron chi connectivity index (χ3n) is 2.48. The molecule has 108 valence electrons. The number of carboxylic acids is 1. The molecule has 2 rings (SSSR count). The fraction of sp³-hybridized carbons (Fsp3) is 0.182. The highest BCUT2D eigenvalue weighted by Crippen LogP contribution is 2.31. The number of hydrogen-bond donors (Lipinski definition) is 2. The monoisotopic (exact) mass is 378 g/mol. The summed E-state index contributed by atoms with van der Waals surface area (Å²) in [6.45, 7) is 0.724. The second-order valence-corrected chi connectivity index (χ2v) is 7.98. The lowest BCUT2D eigenvalue weighted by atomic mass is 10.5. The summed E-state index contributed by atoms with van der Waals surface area (Å²) >= 11 is 3.96. The molecule has 0 aliphatic heterocycles. The maximum atomic E-state index is 12.1. The van der Waals surface area contributed by atoms with Crippen LogP contribution in [0.4, 0.5) is 0 Å². The summed E-state index contributed by atoms with van der Waals surface area (Å²) in [7, 11) is -3.72. The minimum absolute atomic E-state index is 0.0253. The van der Waals surface area contributed by atoms with Crippen LogP contribution in [0.2, 0.25) is 0 Å². The van der Waals surface area contributed by atoms with E-state index in [1.807, 2.05) is 29.1 Å². The van der Waals surface area contributed by atoms with Gasteiger partial charge in [0, 0.05) is 25.5 Å². The molecule has 0 saturated heterocycles. The van der Waals surface area contributed by atoms with Crippen LogP contribution in [0.25, 0.3) is 0 Å².